The molecule has 1 atom stereocenters. The first-order chi connectivity index (χ1) is 11.7. The molecule has 130 valence electrons. The highest BCUT2D eigenvalue weighted by molar-refractivity contribution is 5.92. The minimum Gasteiger partial charge on any atom is -0.379 e. The van der Waals surface area contributed by atoms with Gasteiger partial charge in [0.25, 0.3) is 5.91 Å². The monoisotopic (exact) mass is 335 g/mol. The van der Waals surface area contributed by atoms with Crippen molar-refractivity contribution in [2.75, 3.05) is 26.3 Å². The first kappa shape index (κ1) is 16.6. The number of aromatic nitrogens is 3. The molecule has 9 heteroatoms. The zero-order chi connectivity index (χ0) is 16.9. The summed E-state index contributed by atoms with van der Waals surface area (Å²) in [6.07, 6.45) is 0.631. The van der Waals surface area contributed by atoms with E-state index in [0.29, 0.717) is 43.7 Å². The van der Waals surface area contributed by atoms with Crippen LogP contribution >= 0.6 is 0 Å². The predicted octanol–water partition coefficient (Wildman–Crippen LogP) is 1.08. The summed E-state index contributed by atoms with van der Waals surface area (Å²) in [6.45, 7) is 7.39. The van der Waals surface area contributed by atoms with Crippen molar-refractivity contribution in [2.45, 2.75) is 32.9 Å². The lowest BCUT2D eigenvalue weighted by atomic mass is 10.2. The summed E-state index contributed by atoms with van der Waals surface area (Å²) in [5.74, 6) is 1.26. The molecule has 1 amide bonds. The van der Waals surface area contributed by atoms with Gasteiger partial charge in [-0.2, -0.15) is 4.98 Å². The van der Waals surface area contributed by atoms with Gasteiger partial charge in [0.15, 0.2) is 17.3 Å². The van der Waals surface area contributed by atoms with E-state index in [9.17, 15) is 4.79 Å². The van der Waals surface area contributed by atoms with Gasteiger partial charge in [0.2, 0.25) is 5.89 Å². The Morgan fingerprint density at radius 3 is 2.79 bits per heavy atom. The van der Waals surface area contributed by atoms with Gasteiger partial charge < -0.3 is 19.1 Å². The van der Waals surface area contributed by atoms with Crippen LogP contribution in [-0.4, -0.2) is 52.4 Å². The number of hydrogen-bond acceptors (Lipinski definition) is 8. The Morgan fingerprint density at radius 2 is 2.12 bits per heavy atom. The summed E-state index contributed by atoms with van der Waals surface area (Å²) < 4.78 is 15.7. The van der Waals surface area contributed by atoms with Gasteiger partial charge in [0.05, 0.1) is 19.8 Å². The van der Waals surface area contributed by atoms with Crippen molar-refractivity contribution in [3.05, 3.63) is 29.2 Å². The van der Waals surface area contributed by atoms with E-state index in [4.69, 9.17) is 13.8 Å². The Morgan fingerprint density at radius 1 is 1.33 bits per heavy atom. The van der Waals surface area contributed by atoms with Crippen LogP contribution < -0.4 is 5.32 Å². The summed E-state index contributed by atoms with van der Waals surface area (Å²) in [5, 5.41) is 10.4. The molecule has 1 aliphatic heterocycles. The number of carbonyl (C=O) groups excluding carboxylic acids is 1. The molecule has 2 aromatic rings. The van der Waals surface area contributed by atoms with Crippen LogP contribution in [0.25, 0.3) is 0 Å². The van der Waals surface area contributed by atoms with Crippen molar-refractivity contribution in [1.82, 2.24) is 25.5 Å². The van der Waals surface area contributed by atoms with Gasteiger partial charge in [-0.1, -0.05) is 17.2 Å². The van der Waals surface area contributed by atoms with Gasteiger partial charge in [0.1, 0.15) is 6.04 Å². The number of ether oxygens (including phenoxy) is 1. The Hall–Kier alpha value is -2.26. The molecule has 0 aliphatic carbocycles. The SMILES string of the molecule is CC[C@H](NC(=O)c1cc(CN2CCOCC2)on1)c1nc(C)no1. The molecule has 0 radical (unpaired) electrons. The molecule has 2 aromatic heterocycles. The molecule has 24 heavy (non-hydrogen) atoms. The lowest BCUT2D eigenvalue weighted by Crippen LogP contribution is -2.35. The number of nitrogens with zero attached hydrogens (tertiary/aromatic N) is 4. The summed E-state index contributed by atoms with van der Waals surface area (Å²) in [5.41, 5.74) is 0.243. The number of rotatable bonds is 6. The highest BCUT2D eigenvalue weighted by atomic mass is 16.5. The molecule has 1 N–H and O–H groups in total. The number of amides is 1. The van der Waals surface area contributed by atoms with Crippen molar-refractivity contribution in [2.24, 2.45) is 0 Å². The maximum Gasteiger partial charge on any atom is 0.274 e. The van der Waals surface area contributed by atoms with Gasteiger partial charge in [-0.3, -0.25) is 9.69 Å². The zero-order valence-electron chi connectivity index (χ0n) is 13.8. The first-order valence-corrected chi connectivity index (χ1v) is 8.02. The second-order valence-corrected chi connectivity index (χ2v) is 5.68. The van der Waals surface area contributed by atoms with E-state index in [-0.39, 0.29) is 17.6 Å². The molecule has 9 nitrogen and oxygen atoms in total. The third-order valence-corrected chi connectivity index (χ3v) is 3.83. The molecule has 3 heterocycles. The number of hydrogen-bond donors (Lipinski definition) is 1. The molecule has 0 spiro atoms. The lowest BCUT2D eigenvalue weighted by Gasteiger charge is -2.25. The molecule has 3 rings (SSSR count). The van der Waals surface area contributed by atoms with E-state index in [1.165, 1.54) is 0 Å². The Kier molecular flexibility index (Phi) is 5.21. The Balaban J connectivity index is 1.60. The van der Waals surface area contributed by atoms with Crippen LogP contribution in [0.5, 0.6) is 0 Å². The largest absolute Gasteiger partial charge is 0.379 e. The molecule has 0 saturated carbocycles. The van der Waals surface area contributed by atoms with E-state index in [1.54, 1.807) is 13.0 Å². The van der Waals surface area contributed by atoms with Crippen LogP contribution in [0.4, 0.5) is 0 Å². The summed E-state index contributed by atoms with van der Waals surface area (Å²) in [7, 11) is 0. The number of aryl methyl sites for hydroxylation is 1. The van der Waals surface area contributed by atoms with Crippen molar-refractivity contribution in [3.63, 3.8) is 0 Å². The number of morpholine rings is 1. The van der Waals surface area contributed by atoms with E-state index in [2.05, 4.69) is 25.5 Å². The number of nitrogens with one attached hydrogen (secondary N) is 1. The standard InChI is InChI=1S/C15H21N5O4/c1-3-12(15-16-10(2)18-24-15)17-14(21)13-8-11(23-19-13)9-20-4-6-22-7-5-20/h8,12H,3-7,9H2,1-2H3,(H,17,21)/t12-/m0/s1. The molecule has 1 aliphatic rings. The van der Waals surface area contributed by atoms with Crippen molar-refractivity contribution >= 4 is 5.91 Å². The van der Waals surface area contributed by atoms with Gasteiger partial charge >= 0.3 is 0 Å². The Labute approximate surface area is 139 Å². The van der Waals surface area contributed by atoms with Crippen molar-refractivity contribution in [3.8, 4) is 0 Å². The highest BCUT2D eigenvalue weighted by Crippen LogP contribution is 2.16. The van der Waals surface area contributed by atoms with E-state index < -0.39 is 0 Å². The summed E-state index contributed by atoms with van der Waals surface area (Å²) in [4.78, 5) is 18.7. The molecule has 0 bridgehead atoms. The highest BCUT2D eigenvalue weighted by Gasteiger charge is 2.22. The average molecular weight is 335 g/mol. The second kappa shape index (κ2) is 7.54. The molecule has 1 fully saturated rings. The minimum absolute atomic E-state index is 0.243. The normalized spacial score (nSPS) is 16.9. The maximum absolute atomic E-state index is 12.3. The van der Waals surface area contributed by atoms with Crippen LogP contribution in [0.15, 0.2) is 15.1 Å². The summed E-state index contributed by atoms with van der Waals surface area (Å²) >= 11 is 0. The molecule has 1 saturated heterocycles. The van der Waals surface area contributed by atoms with E-state index >= 15 is 0 Å². The van der Waals surface area contributed by atoms with Crippen LogP contribution in [0.3, 0.4) is 0 Å². The van der Waals surface area contributed by atoms with E-state index in [1.807, 2.05) is 6.92 Å². The molecular weight excluding hydrogens is 314 g/mol. The van der Waals surface area contributed by atoms with Gasteiger partial charge in [-0.25, -0.2) is 0 Å². The zero-order valence-corrected chi connectivity index (χ0v) is 13.8. The topological polar surface area (TPSA) is 107 Å². The van der Waals surface area contributed by atoms with Crippen molar-refractivity contribution < 1.29 is 18.6 Å². The average Bonchev–Trinajstić information content (AvgIpc) is 3.22. The summed E-state index contributed by atoms with van der Waals surface area (Å²) in [6, 6.07) is 1.31. The maximum atomic E-state index is 12.3. The van der Waals surface area contributed by atoms with Crippen LogP contribution in [0.1, 0.15) is 47.4 Å². The third-order valence-electron chi connectivity index (χ3n) is 3.83. The number of carbonyl (C=O) groups is 1. The Bertz CT molecular complexity index is 677. The van der Waals surface area contributed by atoms with Gasteiger partial charge in [0, 0.05) is 19.2 Å². The first-order valence-electron chi connectivity index (χ1n) is 8.02. The van der Waals surface area contributed by atoms with E-state index in [0.717, 1.165) is 13.1 Å². The predicted molar refractivity (Wildman–Crippen MR) is 82.1 cm³/mol. The lowest BCUT2D eigenvalue weighted by molar-refractivity contribution is 0.0305. The molecule has 0 unspecified atom stereocenters. The quantitative estimate of drug-likeness (QED) is 0.836. The fourth-order valence-corrected chi connectivity index (χ4v) is 2.50. The van der Waals surface area contributed by atoms with Gasteiger partial charge in [-0.05, 0) is 13.3 Å². The van der Waals surface area contributed by atoms with Gasteiger partial charge in [-0.15, -0.1) is 0 Å². The second-order valence-electron chi connectivity index (χ2n) is 5.68. The van der Waals surface area contributed by atoms with Crippen LogP contribution in [0.2, 0.25) is 0 Å². The third kappa shape index (κ3) is 3.98. The van der Waals surface area contributed by atoms with Crippen LogP contribution in [0, 0.1) is 6.92 Å². The smallest absolute Gasteiger partial charge is 0.274 e. The fraction of sp³-hybridized carbons (Fsp3) is 0.600. The van der Waals surface area contributed by atoms with Crippen molar-refractivity contribution in [1.29, 1.82) is 0 Å². The van der Waals surface area contributed by atoms with Crippen LogP contribution in [-0.2, 0) is 11.3 Å². The molecule has 0 aromatic carbocycles. The molecular formula is C15H21N5O4. The fourth-order valence-electron chi connectivity index (χ4n) is 2.50. The minimum atomic E-state index is -0.349.